The maximum atomic E-state index is 9.56. The molecule has 5 heteroatoms. The first-order chi connectivity index (χ1) is 6.77. The maximum absolute atomic E-state index is 9.56. The number of hydrogen-bond donors (Lipinski definition) is 1. The van der Waals surface area contributed by atoms with Gasteiger partial charge in [-0.25, -0.2) is 4.98 Å². The fourth-order valence-corrected chi connectivity index (χ4v) is 1.70. The first-order valence-corrected chi connectivity index (χ1v) is 4.84. The second-order valence-electron chi connectivity index (χ2n) is 3.72. The third-order valence-corrected chi connectivity index (χ3v) is 2.61. The van der Waals surface area contributed by atoms with E-state index in [-0.39, 0.29) is 12.0 Å². The lowest BCUT2D eigenvalue weighted by molar-refractivity contribution is 0.0966. The van der Waals surface area contributed by atoms with Gasteiger partial charge in [0, 0.05) is 13.1 Å². The number of aliphatic hydroxyl groups is 1. The molecule has 76 valence electrons. The minimum absolute atomic E-state index is 0.192. The molecule has 0 spiro atoms. The van der Waals surface area contributed by atoms with Gasteiger partial charge in [-0.05, 0) is 12.3 Å². The van der Waals surface area contributed by atoms with Crippen LogP contribution in [0.5, 0.6) is 0 Å². The summed E-state index contributed by atoms with van der Waals surface area (Å²) in [6.45, 7) is 3.64. The highest BCUT2D eigenvalue weighted by molar-refractivity contribution is 5.28. The van der Waals surface area contributed by atoms with E-state index in [0.717, 1.165) is 19.5 Å². The smallest absolute Gasteiger partial charge is 0.245 e. The highest BCUT2D eigenvalue weighted by Gasteiger charge is 2.25. The van der Waals surface area contributed by atoms with Gasteiger partial charge in [-0.2, -0.15) is 5.10 Å². The van der Waals surface area contributed by atoms with E-state index < -0.39 is 0 Å². The third kappa shape index (κ3) is 1.82. The Bertz CT molecular complexity index is 292. The van der Waals surface area contributed by atoms with E-state index in [0.29, 0.717) is 5.95 Å². The van der Waals surface area contributed by atoms with E-state index in [1.165, 1.54) is 0 Å². The van der Waals surface area contributed by atoms with Crippen molar-refractivity contribution in [1.82, 2.24) is 15.2 Å². The fourth-order valence-electron chi connectivity index (χ4n) is 1.70. The summed E-state index contributed by atoms with van der Waals surface area (Å²) < 4.78 is 0. The van der Waals surface area contributed by atoms with Crippen molar-refractivity contribution in [3.05, 3.63) is 12.4 Å². The number of rotatable bonds is 1. The van der Waals surface area contributed by atoms with Crippen LogP contribution in [0.15, 0.2) is 12.4 Å². The topological polar surface area (TPSA) is 62.1 Å². The van der Waals surface area contributed by atoms with Crippen molar-refractivity contribution < 1.29 is 5.11 Å². The molecule has 1 N–H and O–H groups in total. The van der Waals surface area contributed by atoms with Crippen LogP contribution < -0.4 is 4.90 Å². The van der Waals surface area contributed by atoms with Crippen LogP contribution in [0, 0.1) is 5.92 Å². The van der Waals surface area contributed by atoms with Crippen LogP contribution in [0.3, 0.4) is 0 Å². The summed E-state index contributed by atoms with van der Waals surface area (Å²) in [7, 11) is 0. The monoisotopic (exact) mass is 194 g/mol. The van der Waals surface area contributed by atoms with Crippen molar-refractivity contribution in [2.75, 3.05) is 18.0 Å². The standard InChI is InChI=1S/C9H14N4O/c1-7-6-13(5-2-8(7)14)9-10-3-4-11-12-9/h3-4,7-8,14H,2,5-6H2,1H3/t7-,8+/m1/s1. The number of anilines is 1. The average molecular weight is 194 g/mol. The van der Waals surface area contributed by atoms with E-state index in [2.05, 4.69) is 20.1 Å². The first kappa shape index (κ1) is 9.33. The lowest BCUT2D eigenvalue weighted by atomic mass is 9.97. The Morgan fingerprint density at radius 1 is 1.50 bits per heavy atom. The maximum Gasteiger partial charge on any atom is 0.245 e. The zero-order valence-corrected chi connectivity index (χ0v) is 8.17. The molecule has 1 aromatic rings. The molecule has 0 bridgehead atoms. The minimum atomic E-state index is -0.192. The molecular formula is C9H14N4O. The van der Waals surface area contributed by atoms with Gasteiger partial charge in [0.25, 0.3) is 0 Å². The quantitative estimate of drug-likeness (QED) is 0.686. The highest BCUT2D eigenvalue weighted by atomic mass is 16.3. The van der Waals surface area contributed by atoms with Gasteiger partial charge in [-0.1, -0.05) is 6.92 Å². The molecule has 1 fully saturated rings. The van der Waals surface area contributed by atoms with E-state index in [9.17, 15) is 5.11 Å². The summed E-state index contributed by atoms with van der Waals surface area (Å²) in [5.41, 5.74) is 0. The average Bonchev–Trinajstić information content (AvgIpc) is 2.23. The molecule has 0 aromatic carbocycles. The molecule has 0 amide bonds. The van der Waals surface area contributed by atoms with Crippen LogP contribution in [0.1, 0.15) is 13.3 Å². The summed E-state index contributed by atoms with van der Waals surface area (Å²) in [5, 5.41) is 17.3. The second kappa shape index (κ2) is 3.88. The van der Waals surface area contributed by atoms with Crippen LogP contribution in [-0.4, -0.2) is 39.5 Å². The number of piperidine rings is 1. The molecule has 5 nitrogen and oxygen atoms in total. The highest BCUT2D eigenvalue weighted by Crippen LogP contribution is 2.19. The van der Waals surface area contributed by atoms with Crippen LogP contribution >= 0.6 is 0 Å². The molecule has 1 saturated heterocycles. The lowest BCUT2D eigenvalue weighted by Crippen LogP contribution is -2.42. The minimum Gasteiger partial charge on any atom is -0.393 e. The molecule has 1 aliphatic heterocycles. The Morgan fingerprint density at radius 2 is 2.36 bits per heavy atom. The molecule has 2 atom stereocenters. The molecule has 0 aliphatic carbocycles. The molecule has 2 heterocycles. The van der Waals surface area contributed by atoms with Crippen molar-refractivity contribution in [3.63, 3.8) is 0 Å². The number of aromatic nitrogens is 3. The Balaban J connectivity index is 2.07. The Labute approximate surface area is 82.8 Å². The number of nitrogens with zero attached hydrogens (tertiary/aromatic N) is 4. The zero-order chi connectivity index (χ0) is 9.97. The van der Waals surface area contributed by atoms with Crippen molar-refractivity contribution in [2.24, 2.45) is 5.92 Å². The number of hydrogen-bond acceptors (Lipinski definition) is 5. The Morgan fingerprint density at radius 3 is 3.00 bits per heavy atom. The first-order valence-electron chi connectivity index (χ1n) is 4.84. The van der Waals surface area contributed by atoms with E-state index in [1.807, 2.05) is 6.92 Å². The van der Waals surface area contributed by atoms with E-state index >= 15 is 0 Å². The summed E-state index contributed by atoms with van der Waals surface area (Å²) in [5.74, 6) is 0.929. The van der Waals surface area contributed by atoms with Gasteiger partial charge in [0.05, 0.1) is 18.5 Å². The Hall–Kier alpha value is -1.23. The van der Waals surface area contributed by atoms with Crippen molar-refractivity contribution in [3.8, 4) is 0 Å². The van der Waals surface area contributed by atoms with Gasteiger partial charge < -0.3 is 10.0 Å². The normalized spacial score (nSPS) is 27.7. The predicted molar refractivity (Wildman–Crippen MR) is 51.8 cm³/mol. The molecule has 14 heavy (non-hydrogen) atoms. The molecule has 0 radical (unpaired) electrons. The van der Waals surface area contributed by atoms with Crippen LogP contribution in [0.2, 0.25) is 0 Å². The fraction of sp³-hybridized carbons (Fsp3) is 0.667. The SMILES string of the molecule is C[C@@H]1CN(c2nccnn2)CC[C@@H]1O. The largest absolute Gasteiger partial charge is 0.393 e. The van der Waals surface area contributed by atoms with Gasteiger partial charge in [-0.15, -0.1) is 5.10 Å². The number of aliphatic hydroxyl groups excluding tert-OH is 1. The van der Waals surface area contributed by atoms with Crippen LogP contribution in [0.25, 0.3) is 0 Å². The van der Waals surface area contributed by atoms with Gasteiger partial charge in [0.15, 0.2) is 0 Å². The predicted octanol–water partition coefficient (Wildman–Crippen LogP) is 0.0787. The summed E-state index contributed by atoms with van der Waals surface area (Å²) in [4.78, 5) is 6.19. The van der Waals surface area contributed by atoms with Gasteiger partial charge in [0.1, 0.15) is 0 Å². The van der Waals surface area contributed by atoms with Crippen molar-refractivity contribution in [2.45, 2.75) is 19.4 Å². The molecular weight excluding hydrogens is 180 g/mol. The molecule has 0 saturated carbocycles. The molecule has 0 unspecified atom stereocenters. The van der Waals surface area contributed by atoms with E-state index in [1.54, 1.807) is 12.4 Å². The lowest BCUT2D eigenvalue weighted by Gasteiger charge is -2.33. The van der Waals surface area contributed by atoms with Gasteiger partial charge in [-0.3, -0.25) is 0 Å². The zero-order valence-electron chi connectivity index (χ0n) is 8.17. The summed E-state index contributed by atoms with van der Waals surface area (Å²) >= 11 is 0. The summed E-state index contributed by atoms with van der Waals surface area (Å²) in [6.07, 6.45) is 3.78. The van der Waals surface area contributed by atoms with Crippen LogP contribution in [-0.2, 0) is 0 Å². The molecule has 1 aromatic heterocycles. The molecule has 2 rings (SSSR count). The van der Waals surface area contributed by atoms with Crippen molar-refractivity contribution >= 4 is 5.95 Å². The second-order valence-corrected chi connectivity index (χ2v) is 3.72. The van der Waals surface area contributed by atoms with Crippen LogP contribution in [0.4, 0.5) is 5.95 Å². The molecule has 1 aliphatic rings. The Kier molecular flexibility index (Phi) is 2.58. The summed E-state index contributed by atoms with van der Waals surface area (Å²) in [6, 6.07) is 0. The van der Waals surface area contributed by atoms with Gasteiger partial charge >= 0.3 is 0 Å². The van der Waals surface area contributed by atoms with E-state index in [4.69, 9.17) is 0 Å². The van der Waals surface area contributed by atoms with Crippen molar-refractivity contribution in [1.29, 1.82) is 0 Å². The van der Waals surface area contributed by atoms with Gasteiger partial charge in [0.2, 0.25) is 5.95 Å². The third-order valence-electron chi connectivity index (χ3n) is 2.61.